The van der Waals surface area contributed by atoms with Crippen LogP contribution in [0.3, 0.4) is 0 Å². The number of thiophene rings is 1. The molecule has 0 unspecified atom stereocenters. The van der Waals surface area contributed by atoms with Crippen LogP contribution < -0.4 is 5.32 Å². The van der Waals surface area contributed by atoms with E-state index >= 15 is 0 Å². The molecule has 1 heterocycles. The Labute approximate surface area is 114 Å². The molecule has 0 saturated carbocycles. The highest BCUT2D eigenvalue weighted by atomic mass is 32.1. The molecule has 0 spiro atoms. The lowest BCUT2D eigenvalue weighted by molar-refractivity contribution is 0.103. The molecule has 0 aliphatic rings. The standard InChI is InChI=1S/C14H11FN2OS/c1-8-6-13(19-9(8)2)14(18)17-12-5-3-4-11(15)10(12)7-16/h3-6H,1-2H3,(H,17,18). The van der Waals surface area contributed by atoms with E-state index in [9.17, 15) is 9.18 Å². The van der Waals surface area contributed by atoms with Crippen LogP contribution in [0.1, 0.15) is 25.7 Å². The number of benzene rings is 1. The van der Waals surface area contributed by atoms with Crippen LogP contribution in [0.4, 0.5) is 10.1 Å². The molecule has 0 fully saturated rings. The minimum absolute atomic E-state index is 0.152. The van der Waals surface area contributed by atoms with Crippen LogP contribution in [0.5, 0.6) is 0 Å². The van der Waals surface area contributed by atoms with Gasteiger partial charge < -0.3 is 5.32 Å². The molecule has 96 valence electrons. The number of hydrogen-bond donors (Lipinski definition) is 1. The van der Waals surface area contributed by atoms with Gasteiger partial charge in [0.15, 0.2) is 0 Å². The first-order valence-corrected chi connectivity index (χ1v) is 6.41. The van der Waals surface area contributed by atoms with Gasteiger partial charge in [-0.15, -0.1) is 11.3 Å². The lowest BCUT2D eigenvalue weighted by Gasteiger charge is -2.05. The largest absolute Gasteiger partial charge is 0.320 e. The number of nitrogens with one attached hydrogen (secondary N) is 1. The van der Waals surface area contributed by atoms with E-state index in [1.165, 1.54) is 29.5 Å². The van der Waals surface area contributed by atoms with Crippen LogP contribution in [0.25, 0.3) is 0 Å². The summed E-state index contributed by atoms with van der Waals surface area (Å²) >= 11 is 1.37. The number of aryl methyl sites for hydroxylation is 2. The van der Waals surface area contributed by atoms with Gasteiger partial charge in [0.05, 0.1) is 10.6 Å². The fraction of sp³-hybridized carbons (Fsp3) is 0.143. The highest BCUT2D eigenvalue weighted by Crippen LogP contribution is 2.23. The Balaban J connectivity index is 2.30. The van der Waals surface area contributed by atoms with Crippen LogP contribution in [0.15, 0.2) is 24.3 Å². The van der Waals surface area contributed by atoms with Gasteiger partial charge in [0.2, 0.25) is 0 Å². The minimum Gasteiger partial charge on any atom is -0.320 e. The summed E-state index contributed by atoms with van der Waals surface area (Å²) in [6, 6.07) is 7.68. The molecule has 1 amide bonds. The molecule has 0 aliphatic heterocycles. The summed E-state index contributed by atoms with van der Waals surface area (Å²) in [6.07, 6.45) is 0. The van der Waals surface area contributed by atoms with E-state index in [4.69, 9.17) is 5.26 Å². The van der Waals surface area contributed by atoms with Crippen LogP contribution >= 0.6 is 11.3 Å². The molecule has 0 atom stereocenters. The molecule has 0 aliphatic carbocycles. The average Bonchev–Trinajstić information content (AvgIpc) is 2.70. The normalized spacial score (nSPS) is 10.0. The number of nitrogens with zero attached hydrogens (tertiary/aromatic N) is 1. The first kappa shape index (κ1) is 13.2. The molecular formula is C14H11FN2OS. The second kappa shape index (κ2) is 5.21. The topological polar surface area (TPSA) is 52.9 Å². The van der Waals surface area contributed by atoms with Crippen LogP contribution in [0.2, 0.25) is 0 Å². The fourth-order valence-electron chi connectivity index (χ4n) is 1.61. The van der Waals surface area contributed by atoms with Crippen molar-refractivity contribution in [2.24, 2.45) is 0 Å². The Bertz CT molecular complexity index is 666. The maximum Gasteiger partial charge on any atom is 0.265 e. The number of amides is 1. The predicted octanol–water partition coefficient (Wildman–Crippen LogP) is 3.63. The van der Waals surface area contributed by atoms with Crippen molar-refractivity contribution in [1.82, 2.24) is 0 Å². The van der Waals surface area contributed by atoms with Gasteiger partial charge in [-0.2, -0.15) is 5.26 Å². The highest BCUT2D eigenvalue weighted by Gasteiger charge is 2.14. The summed E-state index contributed by atoms with van der Waals surface area (Å²) in [5.41, 5.74) is 1.08. The quantitative estimate of drug-likeness (QED) is 0.909. The zero-order valence-electron chi connectivity index (χ0n) is 10.5. The SMILES string of the molecule is Cc1cc(C(=O)Nc2cccc(F)c2C#N)sc1C. The highest BCUT2D eigenvalue weighted by molar-refractivity contribution is 7.14. The fourth-order valence-corrected chi connectivity index (χ4v) is 2.54. The van der Waals surface area contributed by atoms with Gasteiger partial charge in [0.25, 0.3) is 5.91 Å². The lowest BCUT2D eigenvalue weighted by Crippen LogP contribution is -2.11. The summed E-state index contributed by atoms with van der Waals surface area (Å²) in [5.74, 6) is -0.970. The maximum atomic E-state index is 13.4. The van der Waals surface area contributed by atoms with Gasteiger partial charge in [-0.1, -0.05) is 6.07 Å². The summed E-state index contributed by atoms with van der Waals surface area (Å²) in [7, 11) is 0. The summed E-state index contributed by atoms with van der Waals surface area (Å²) in [6.45, 7) is 3.85. The zero-order valence-corrected chi connectivity index (χ0v) is 11.3. The van der Waals surface area contributed by atoms with E-state index in [1.807, 2.05) is 13.8 Å². The molecule has 1 N–H and O–H groups in total. The maximum absolute atomic E-state index is 13.4. The Morgan fingerprint density at radius 1 is 1.42 bits per heavy atom. The number of halogens is 1. The van der Waals surface area contributed by atoms with Crippen molar-refractivity contribution >= 4 is 22.9 Å². The molecule has 3 nitrogen and oxygen atoms in total. The molecule has 19 heavy (non-hydrogen) atoms. The molecular weight excluding hydrogens is 263 g/mol. The smallest absolute Gasteiger partial charge is 0.265 e. The van der Waals surface area contributed by atoms with Crippen molar-refractivity contribution in [2.45, 2.75) is 13.8 Å². The van der Waals surface area contributed by atoms with E-state index < -0.39 is 5.82 Å². The third-order valence-corrected chi connectivity index (χ3v) is 3.91. The van der Waals surface area contributed by atoms with Crippen LogP contribution in [0, 0.1) is 31.0 Å². The van der Waals surface area contributed by atoms with Gasteiger partial charge in [0.1, 0.15) is 17.4 Å². The van der Waals surface area contributed by atoms with E-state index in [1.54, 1.807) is 12.1 Å². The Hall–Kier alpha value is -2.19. The van der Waals surface area contributed by atoms with E-state index in [0.29, 0.717) is 4.88 Å². The third-order valence-electron chi connectivity index (χ3n) is 2.76. The van der Waals surface area contributed by atoms with E-state index in [2.05, 4.69) is 5.32 Å². The first-order valence-electron chi connectivity index (χ1n) is 5.60. The summed E-state index contributed by atoms with van der Waals surface area (Å²) < 4.78 is 13.4. The van der Waals surface area contributed by atoms with Gasteiger partial charge in [-0.25, -0.2) is 4.39 Å². The van der Waals surface area contributed by atoms with Crippen LogP contribution in [-0.4, -0.2) is 5.91 Å². The Morgan fingerprint density at radius 2 is 2.16 bits per heavy atom. The van der Waals surface area contributed by atoms with E-state index in [-0.39, 0.29) is 17.2 Å². The van der Waals surface area contributed by atoms with Crippen LogP contribution in [-0.2, 0) is 0 Å². The zero-order chi connectivity index (χ0) is 14.0. The number of nitriles is 1. The number of carbonyl (C=O) groups is 1. The van der Waals surface area contributed by atoms with Gasteiger partial charge in [-0.3, -0.25) is 4.79 Å². The van der Waals surface area contributed by atoms with Crippen molar-refractivity contribution in [3.63, 3.8) is 0 Å². The van der Waals surface area contributed by atoms with Crippen molar-refractivity contribution in [3.05, 3.63) is 51.0 Å². The lowest BCUT2D eigenvalue weighted by atomic mass is 10.2. The molecule has 1 aromatic carbocycles. The van der Waals surface area contributed by atoms with Gasteiger partial charge in [-0.05, 0) is 37.6 Å². The monoisotopic (exact) mass is 274 g/mol. The molecule has 5 heteroatoms. The number of rotatable bonds is 2. The molecule has 2 rings (SSSR count). The van der Waals surface area contributed by atoms with Crippen molar-refractivity contribution in [3.8, 4) is 6.07 Å². The number of hydrogen-bond acceptors (Lipinski definition) is 3. The number of anilines is 1. The third kappa shape index (κ3) is 2.64. The first-order chi connectivity index (χ1) is 9.02. The summed E-state index contributed by atoms with van der Waals surface area (Å²) in [5, 5.41) is 11.5. The molecule has 2 aromatic rings. The second-order valence-corrected chi connectivity index (χ2v) is 5.33. The number of carbonyl (C=O) groups excluding carboxylic acids is 1. The molecule has 0 bridgehead atoms. The summed E-state index contributed by atoms with van der Waals surface area (Å²) in [4.78, 5) is 13.6. The molecule has 1 aromatic heterocycles. The van der Waals surface area contributed by atoms with Crippen molar-refractivity contribution < 1.29 is 9.18 Å². The Morgan fingerprint density at radius 3 is 2.74 bits per heavy atom. The second-order valence-electron chi connectivity index (χ2n) is 4.08. The minimum atomic E-state index is -0.640. The predicted molar refractivity (Wildman–Crippen MR) is 72.9 cm³/mol. The van der Waals surface area contributed by atoms with Crippen molar-refractivity contribution in [2.75, 3.05) is 5.32 Å². The Kier molecular flexibility index (Phi) is 3.63. The van der Waals surface area contributed by atoms with Gasteiger partial charge >= 0.3 is 0 Å². The molecule has 0 saturated heterocycles. The van der Waals surface area contributed by atoms with Crippen molar-refractivity contribution in [1.29, 1.82) is 5.26 Å². The van der Waals surface area contributed by atoms with E-state index in [0.717, 1.165) is 10.4 Å². The van der Waals surface area contributed by atoms with Gasteiger partial charge in [0, 0.05) is 4.88 Å². The molecule has 0 radical (unpaired) electrons. The average molecular weight is 274 g/mol.